The molecule has 0 heterocycles. The Morgan fingerprint density at radius 2 is 1.70 bits per heavy atom. The maximum absolute atomic E-state index is 13.6. The second kappa shape index (κ2) is 6.59. The standard InChI is InChI=1S/C16H18F2N2/c1-20(11-14-4-2-3-5-16(14)18)10-13-6-12(9-19)7-15(17)8-13/h2-8H,9-11,19H2,1H3. The average molecular weight is 276 g/mol. The van der Waals surface area contributed by atoms with Gasteiger partial charge in [-0.15, -0.1) is 0 Å². The Hall–Kier alpha value is -1.78. The van der Waals surface area contributed by atoms with E-state index < -0.39 is 0 Å². The molecular formula is C16H18F2N2. The van der Waals surface area contributed by atoms with Crippen molar-refractivity contribution in [3.05, 3.63) is 70.8 Å². The molecule has 0 atom stereocenters. The van der Waals surface area contributed by atoms with Crippen LogP contribution in [0, 0.1) is 11.6 Å². The van der Waals surface area contributed by atoms with Gasteiger partial charge in [0.2, 0.25) is 0 Å². The smallest absolute Gasteiger partial charge is 0.127 e. The van der Waals surface area contributed by atoms with Gasteiger partial charge in [-0.05, 0) is 36.4 Å². The fourth-order valence-electron chi connectivity index (χ4n) is 2.21. The Morgan fingerprint density at radius 3 is 2.40 bits per heavy atom. The first kappa shape index (κ1) is 14.6. The SMILES string of the molecule is CN(Cc1cc(F)cc(CN)c1)Cc1ccccc1F. The lowest BCUT2D eigenvalue weighted by Gasteiger charge is -2.17. The lowest BCUT2D eigenvalue weighted by Crippen LogP contribution is -2.18. The summed E-state index contributed by atoms with van der Waals surface area (Å²) >= 11 is 0. The zero-order valence-corrected chi connectivity index (χ0v) is 11.4. The molecule has 2 nitrogen and oxygen atoms in total. The summed E-state index contributed by atoms with van der Waals surface area (Å²) in [5, 5.41) is 0. The van der Waals surface area contributed by atoms with E-state index in [1.807, 2.05) is 18.0 Å². The molecule has 0 aromatic heterocycles. The molecule has 0 saturated carbocycles. The minimum atomic E-state index is -0.290. The second-order valence-corrected chi connectivity index (χ2v) is 4.94. The fourth-order valence-corrected chi connectivity index (χ4v) is 2.21. The highest BCUT2D eigenvalue weighted by Crippen LogP contribution is 2.14. The third-order valence-electron chi connectivity index (χ3n) is 3.10. The third-order valence-corrected chi connectivity index (χ3v) is 3.10. The summed E-state index contributed by atoms with van der Waals surface area (Å²) in [5.41, 5.74) is 7.76. The molecular weight excluding hydrogens is 258 g/mol. The van der Waals surface area contributed by atoms with Gasteiger partial charge in [0.15, 0.2) is 0 Å². The Kier molecular flexibility index (Phi) is 4.82. The van der Waals surface area contributed by atoms with E-state index in [0.29, 0.717) is 25.2 Å². The molecule has 0 spiro atoms. The van der Waals surface area contributed by atoms with Crippen molar-refractivity contribution < 1.29 is 8.78 Å². The molecule has 20 heavy (non-hydrogen) atoms. The molecule has 0 aliphatic carbocycles. The quantitative estimate of drug-likeness (QED) is 0.909. The highest BCUT2D eigenvalue weighted by molar-refractivity contribution is 5.25. The van der Waals surface area contributed by atoms with Crippen LogP contribution in [0.25, 0.3) is 0 Å². The minimum Gasteiger partial charge on any atom is -0.326 e. The summed E-state index contributed by atoms with van der Waals surface area (Å²) in [6.07, 6.45) is 0. The van der Waals surface area contributed by atoms with Crippen LogP contribution in [-0.2, 0) is 19.6 Å². The predicted octanol–water partition coefficient (Wildman–Crippen LogP) is 3.06. The number of hydrogen-bond acceptors (Lipinski definition) is 2. The highest BCUT2D eigenvalue weighted by atomic mass is 19.1. The summed E-state index contributed by atoms with van der Waals surface area (Å²) in [7, 11) is 1.87. The van der Waals surface area contributed by atoms with Gasteiger partial charge in [0.25, 0.3) is 0 Å². The first-order valence-electron chi connectivity index (χ1n) is 6.49. The molecule has 0 saturated heterocycles. The van der Waals surface area contributed by atoms with Gasteiger partial charge in [0.05, 0.1) is 0 Å². The van der Waals surface area contributed by atoms with Crippen molar-refractivity contribution in [1.29, 1.82) is 0 Å². The first-order chi connectivity index (χ1) is 9.58. The van der Waals surface area contributed by atoms with E-state index in [9.17, 15) is 8.78 Å². The number of halogens is 2. The molecule has 2 rings (SSSR count). The number of rotatable bonds is 5. The number of nitrogens with zero attached hydrogens (tertiary/aromatic N) is 1. The molecule has 0 unspecified atom stereocenters. The van der Waals surface area contributed by atoms with Crippen LogP contribution >= 0.6 is 0 Å². The van der Waals surface area contributed by atoms with Crippen molar-refractivity contribution >= 4 is 0 Å². The summed E-state index contributed by atoms with van der Waals surface area (Å²) in [4.78, 5) is 1.94. The summed E-state index contributed by atoms with van der Waals surface area (Å²) in [5.74, 6) is -0.511. The maximum atomic E-state index is 13.6. The van der Waals surface area contributed by atoms with Crippen LogP contribution in [0.4, 0.5) is 8.78 Å². The van der Waals surface area contributed by atoms with Crippen molar-refractivity contribution in [2.24, 2.45) is 5.73 Å². The van der Waals surface area contributed by atoms with Crippen LogP contribution < -0.4 is 5.73 Å². The van der Waals surface area contributed by atoms with Gasteiger partial charge in [-0.25, -0.2) is 8.78 Å². The van der Waals surface area contributed by atoms with E-state index in [-0.39, 0.29) is 11.6 Å². The number of hydrogen-bond donors (Lipinski definition) is 1. The topological polar surface area (TPSA) is 29.3 Å². The molecule has 0 aliphatic rings. The van der Waals surface area contributed by atoms with Crippen LogP contribution in [0.5, 0.6) is 0 Å². The Labute approximate surface area is 117 Å². The van der Waals surface area contributed by atoms with E-state index >= 15 is 0 Å². The zero-order valence-electron chi connectivity index (χ0n) is 11.4. The van der Waals surface area contributed by atoms with Crippen LogP contribution in [-0.4, -0.2) is 11.9 Å². The van der Waals surface area contributed by atoms with Crippen LogP contribution in [0.2, 0.25) is 0 Å². The summed E-state index contributed by atoms with van der Waals surface area (Å²) in [6.45, 7) is 1.32. The Bertz CT molecular complexity index is 584. The summed E-state index contributed by atoms with van der Waals surface area (Å²) in [6, 6.07) is 11.5. The van der Waals surface area contributed by atoms with Gasteiger partial charge in [0, 0.05) is 25.2 Å². The average Bonchev–Trinajstić information content (AvgIpc) is 2.40. The van der Waals surface area contributed by atoms with Crippen molar-refractivity contribution in [1.82, 2.24) is 4.90 Å². The molecule has 106 valence electrons. The zero-order chi connectivity index (χ0) is 14.5. The van der Waals surface area contributed by atoms with Crippen molar-refractivity contribution in [3.8, 4) is 0 Å². The molecule has 2 N–H and O–H groups in total. The lowest BCUT2D eigenvalue weighted by molar-refractivity contribution is 0.313. The van der Waals surface area contributed by atoms with Crippen molar-refractivity contribution in [3.63, 3.8) is 0 Å². The van der Waals surface area contributed by atoms with Crippen LogP contribution in [0.15, 0.2) is 42.5 Å². The largest absolute Gasteiger partial charge is 0.326 e. The Balaban J connectivity index is 2.06. The van der Waals surface area contributed by atoms with E-state index in [4.69, 9.17) is 5.73 Å². The first-order valence-corrected chi connectivity index (χ1v) is 6.49. The molecule has 4 heteroatoms. The van der Waals surface area contributed by atoms with Gasteiger partial charge in [-0.2, -0.15) is 0 Å². The fraction of sp³-hybridized carbons (Fsp3) is 0.250. The van der Waals surface area contributed by atoms with Crippen LogP contribution in [0.1, 0.15) is 16.7 Å². The number of nitrogens with two attached hydrogens (primary N) is 1. The van der Waals surface area contributed by atoms with Crippen molar-refractivity contribution in [2.45, 2.75) is 19.6 Å². The number of benzene rings is 2. The highest BCUT2D eigenvalue weighted by Gasteiger charge is 2.07. The minimum absolute atomic E-state index is 0.221. The molecule has 0 fully saturated rings. The van der Waals surface area contributed by atoms with Gasteiger partial charge >= 0.3 is 0 Å². The molecule has 0 amide bonds. The van der Waals surface area contributed by atoms with Gasteiger partial charge in [-0.3, -0.25) is 4.90 Å². The Morgan fingerprint density at radius 1 is 1.00 bits per heavy atom. The lowest BCUT2D eigenvalue weighted by atomic mass is 10.1. The van der Waals surface area contributed by atoms with Gasteiger partial charge in [-0.1, -0.05) is 24.3 Å². The molecule has 0 aliphatic heterocycles. The molecule has 0 bridgehead atoms. The second-order valence-electron chi connectivity index (χ2n) is 4.94. The maximum Gasteiger partial charge on any atom is 0.127 e. The summed E-state index contributed by atoms with van der Waals surface area (Å²) < 4.78 is 27.0. The normalized spacial score (nSPS) is 11.1. The van der Waals surface area contributed by atoms with E-state index in [0.717, 1.165) is 11.1 Å². The predicted molar refractivity (Wildman–Crippen MR) is 75.9 cm³/mol. The molecule has 0 radical (unpaired) electrons. The molecule has 2 aromatic carbocycles. The van der Waals surface area contributed by atoms with E-state index in [1.165, 1.54) is 18.2 Å². The van der Waals surface area contributed by atoms with Gasteiger partial charge in [0.1, 0.15) is 11.6 Å². The van der Waals surface area contributed by atoms with Crippen LogP contribution in [0.3, 0.4) is 0 Å². The van der Waals surface area contributed by atoms with E-state index in [1.54, 1.807) is 18.2 Å². The van der Waals surface area contributed by atoms with E-state index in [2.05, 4.69) is 0 Å². The monoisotopic (exact) mass is 276 g/mol. The van der Waals surface area contributed by atoms with Gasteiger partial charge < -0.3 is 5.73 Å². The van der Waals surface area contributed by atoms with Crippen molar-refractivity contribution in [2.75, 3.05) is 7.05 Å². The third kappa shape index (κ3) is 3.85. The molecule has 2 aromatic rings.